The number of nitrogens with zero attached hydrogens (tertiary/aromatic N) is 2. The van der Waals surface area contributed by atoms with E-state index in [-0.39, 0.29) is 17.6 Å². The SMILES string of the molecule is CC(=O)C(CCCCN(C)C(C)C)N1C(=O)C=CC1=O. The van der Waals surface area contributed by atoms with Crippen LogP contribution < -0.4 is 0 Å². The zero-order chi connectivity index (χ0) is 15.3. The maximum absolute atomic E-state index is 11.7. The van der Waals surface area contributed by atoms with Gasteiger partial charge in [-0.15, -0.1) is 0 Å². The van der Waals surface area contributed by atoms with Gasteiger partial charge in [0.15, 0.2) is 5.78 Å². The summed E-state index contributed by atoms with van der Waals surface area (Å²) in [5.41, 5.74) is 0. The number of Topliss-reactive ketones (excluding diaryl/α,β-unsaturated/α-hetero) is 1. The minimum absolute atomic E-state index is 0.132. The van der Waals surface area contributed by atoms with E-state index in [0.717, 1.165) is 24.3 Å². The van der Waals surface area contributed by atoms with E-state index >= 15 is 0 Å². The maximum Gasteiger partial charge on any atom is 0.254 e. The van der Waals surface area contributed by atoms with Crippen molar-refractivity contribution in [2.24, 2.45) is 0 Å². The Morgan fingerprint density at radius 1 is 1.20 bits per heavy atom. The number of rotatable bonds is 8. The lowest BCUT2D eigenvalue weighted by Gasteiger charge is -2.25. The fourth-order valence-electron chi connectivity index (χ4n) is 2.19. The van der Waals surface area contributed by atoms with Gasteiger partial charge >= 0.3 is 0 Å². The molecule has 2 amide bonds. The van der Waals surface area contributed by atoms with Crippen molar-refractivity contribution in [3.05, 3.63) is 12.2 Å². The molecule has 0 aromatic rings. The largest absolute Gasteiger partial charge is 0.304 e. The molecule has 5 heteroatoms. The van der Waals surface area contributed by atoms with Gasteiger partial charge in [-0.05, 0) is 53.6 Å². The molecule has 1 aliphatic rings. The van der Waals surface area contributed by atoms with Crippen LogP contribution in [0.15, 0.2) is 12.2 Å². The highest BCUT2D eigenvalue weighted by molar-refractivity contribution is 6.15. The first-order valence-corrected chi connectivity index (χ1v) is 7.10. The van der Waals surface area contributed by atoms with Crippen LogP contribution in [0.5, 0.6) is 0 Å². The van der Waals surface area contributed by atoms with Crippen molar-refractivity contribution in [1.82, 2.24) is 9.80 Å². The number of ketones is 1. The van der Waals surface area contributed by atoms with Crippen LogP contribution in [-0.2, 0) is 14.4 Å². The molecule has 1 atom stereocenters. The number of hydrogen-bond acceptors (Lipinski definition) is 4. The molecule has 0 fully saturated rings. The third-order valence-electron chi connectivity index (χ3n) is 3.74. The molecule has 1 rings (SSSR count). The predicted molar refractivity (Wildman–Crippen MR) is 77.1 cm³/mol. The van der Waals surface area contributed by atoms with Crippen LogP contribution in [0.1, 0.15) is 40.0 Å². The van der Waals surface area contributed by atoms with Gasteiger partial charge in [0.25, 0.3) is 11.8 Å². The summed E-state index contributed by atoms with van der Waals surface area (Å²) in [7, 11) is 2.06. The van der Waals surface area contributed by atoms with Crippen LogP contribution in [0.4, 0.5) is 0 Å². The van der Waals surface area contributed by atoms with Crippen LogP contribution >= 0.6 is 0 Å². The predicted octanol–water partition coefficient (Wildman–Crippen LogP) is 1.38. The summed E-state index contributed by atoms with van der Waals surface area (Å²) >= 11 is 0. The molecule has 0 aliphatic carbocycles. The molecular weight excluding hydrogens is 256 g/mol. The highest BCUT2D eigenvalue weighted by atomic mass is 16.2. The minimum atomic E-state index is -0.616. The van der Waals surface area contributed by atoms with E-state index in [4.69, 9.17) is 0 Å². The first-order valence-electron chi connectivity index (χ1n) is 7.10. The van der Waals surface area contributed by atoms with Crippen molar-refractivity contribution in [1.29, 1.82) is 0 Å². The van der Waals surface area contributed by atoms with Gasteiger partial charge in [0.05, 0.1) is 6.04 Å². The van der Waals surface area contributed by atoms with Crippen LogP contribution in [0.2, 0.25) is 0 Å². The van der Waals surface area contributed by atoms with Crippen molar-refractivity contribution < 1.29 is 14.4 Å². The molecule has 0 aromatic carbocycles. The Morgan fingerprint density at radius 2 is 1.75 bits per heavy atom. The number of imide groups is 1. The second-order valence-corrected chi connectivity index (χ2v) is 5.58. The van der Waals surface area contributed by atoms with Gasteiger partial charge in [0.1, 0.15) is 0 Å². The Kier molecular flexibility index (Phi) is 6.07. The van der Waals surface area contributed by atoms with Gasteiger partial charge in [-0.3, -0.25) is 19.3 Å². The third-order valence-corrected chi connectivity index (χ3v) is 3.74. The average molecular weight is 280 g/mol. The highest BCUT2D eigenvalue weighted by Crippen LogP contribution is 2.16. The van der Waals surface area contributed by atoms with E-state index < -0.39 is 6.04 Å². The van der Waals surface area contributed by atoms with E-state index in [1.165, 1.54) is 19.1 Å². The van der Waals surface area contributed by atoms with Gasteiger partial charge < -0.3 is 4.90 Å². The molecule has 0 saturated heterocycles. The van der Waals surface area contributed by atoms with Gasteiger partial charge in [-0.2, -0.15) is 0 Å². The van der Waals surface area contributed by atoms with Gasteiger partial charge in [-0.1, -0.05) is 0 Å². The normalized spacial score (nSPS) is 16.6. The fourth-order valence-corrected chi connectivity index (χ4v) is 2.19. The summed E-state index contributed by atoms with van der Waals surface area (Å²) < 4.78 is 0. The molecule has 5 nitrogen and oxygen atoms in total. The molecule has 0 N–H and O–H groups in total. The standard InChI is InChI=1S/C15H24N2O3/c1-11(2)16(4)10-6-5-7-13(12(3)18)17-14(19)8-9-15(17)20/h8-9,11,13H,5-7,10H2,1-4H3. The zero-order valence-corrected chi connectivity index (χ0v) is 12.8. The number of carbonyl (C=O) groups is 3. The Hall–Kier alpha value is -1.49. The van der Waals surface area contributed by atoms with Crippen molar-refractivity contribution >= 4 is 17.6 Å². The van der Waals surface area contributed by atoms with Gasteiger partial charge in [0, 0.05) is 18.2 Å². The Balaban J connectivity index is 2.47. The zero-order valence-electron chi connectivity index (χ0n) is 12.8. The van der Waals surface area contributed by atoms with Crippen LogP contribution in [-0.4, -0.2) is 53.1 Å². The van der Waals surface area contributed by atoms with E-state index in [2.05, 4.69) is 25.8 Å². The molecule has 20 heavy (non-hydrogen) atoms. The lowest BCUT2D eigenvalue weighted by molar-refractivity contribution is -0.144. The van der Waals surface area contributed by atoms with Crippen LogP contribution in [0.3, 0.4) is 0 Å². The van der Waals surface area contributed by atoms with E-state index in [1.807, 2.05) is 0 Å². The summed E-state index contributed by atoms with van der Waals surface area (Å²) in [6, 6.07) is -0.126. The third kappa shape index (κ3) is 4.27. The lowest BCUT2D eigenvalue weighted by Crippen LogP contribution is -2.44. The molecule has 0 saturated carbocycles. The van der Waals surface area contributed by atoms with Gasteiger partial charge in [0.2, 0.25) is 0 Å². The smallest absolute Gasteiger partial charge is 0.254 e. The molecule has 0 spiro atoms. The van der Waals surface area contributed by atoms with Crippen molar-refractivity contribution in [2.75, 3.05) is 13.6 Å². The lowest BCUT2D eigenvalue weighted by atomic mass is 10.0. The highest BCUT2D eigenvalue weighted by Gasteiger charge is 2.33. The number of hydrogen-bond donors (Lipinski definition) is 0. The van der Waals surface area contributed by atoms with Crippen LogP contribution in [0.25, 0.3) is 0 Å². The summed E-state index contributed by atoms with van der Waals surface area (Å²) in [4.78, 5) is 38.2. The monoisotopic (exact) mass is 280 g/mol. The molecule has 0 aromatic heterocycles. The van der Waals surface area contributed by atoms with Gasteiger partial charge in [-0.25, -0.2) is 0 Å². The van der Waals surface area contributed by atoms with Crippen molar-refractivity contribution in [2.45, 2.75) is 52.1 Å². The topological polar surface area (TPSA) is 57.7 Å². The molecule has 112 valence electrons. The molecule has 0 radical (unpaired) electrons. The fraction of sp³-hybridized carbons (Fsp3) is 0.667. The summed E-state index contributed by atoms with van der Waals surface area (Å²) in [6.45, 7) is 6.64. The molecular formula is C15H24N2O3. The second kappa shape index (κ2) is 7.33. The molecule has 1 unspecified atom stereocenters. The molecule has 1 heterocycles. The summed E-state index contributed by atoms with van der Waals surface area (Å²) in [6.07, 6.45) is 4.76. The number of unbranched alkanes of at least 4 members (excludes halogenated alkanes) is 1. The molecule has 0 bridgehead atoms. The maximum atomic E-state index is 11.7. The first-order chi connectivity index (χ1) is 9.34. The minimum Gasteiger partial charge on any atom is -0.304 e. The Labute approximate surface area is 120 Å². The Morgan fingerprint density at radius 3 is 2.20 bits per heavy atom. The summed E-state index contributed by atoms with van der Waals surface area (Å²) in [5, 5.41) is 0. The quantitative estimate of drug-likeness (QED) is 0.498. The molecule has 1 aliphatic heterocycles. The van der Waals surface area contributed by atoms with Crippen molar-refractivity contribution in [3.8, 4) is 0 Å². The van der Waals surface area contributed by atoms with E-state index in [9.17, 15) is 14.4 Å². The summed E-state index contributed by atoms with van der Waals surface area (Å²) in [5.74, 6) is -0.892. The Bertz CT molecular complexity index is 397. The van der Waals surface area contributed by atoms with E-state index in [0.29, 0.717) is 12.5 Å². The first kappa shape index (κ1) is 16.6. The number of carbonyl (C=O) groups excluding carboxylic acids is 3. The number of amides is 2. The second-order valence-electron chi connectivity index (χ2n) is 5.58. The van der Waals surface area contributed by atoms with Crippen LogP contribution in [0, 0.1) is 0 Å². The van der Waals surface area contributed by atoms with Crippen molar-refractivity contribution in [3.63, 3.8) is 0 Å². The average Bonchev–Trinajstić information content (AvgIpc) is 2.69. The van der Waals surface area contributed by atoms with E-state index in [1.54, 1.807) is 0 Å².